The van der Waals surface area contributed by atoms with Gasteiger partial charge in [-0.15, -0.1) is 0 Å². The van der Waals surface area contributed by atoms with E-state index >= 15 is 0 Å². The lowest BCUT2D eigenvalue weighted by molar-refractivity contribution is 0.0911. The van der Waals surface area contributed by atoms with Gasteiger partial charge in [-0.05, 0) is 24.3 Å². The van der Waals surface area contributed by atoms with Crippen molar-refractivity contribution in [3.8, 4) is 5.75 Å². The van der Waals surface area contributed by atoms with E-state index in [1.807, 2.05) is 18.2 Å². The van der Waals surface area contributed by atoms with Crippen molar-refractivity contribution in [3.05, 3.63) is 65.3 Å². The Hall–Kier alpha value is -3.53. The van der Waals surface area contributed by atoms with Crippen molar-refractivity contribution in [2.24, 2.45) is 0 Å². The largest absolute Gasteiger partial charge is 0.494 e. The van der Waals surface area contributed by atoms with Gasteiger partial charge in [0.05, 0.1) is 54.2 Å². The van der Waals surface area contributed by atoms with Crippen LogP contribution in [0.15, 0.2) is 54.7 Å². The number of nitrogens with zero attached hydrogens (tertiary/aromatic N) is 2. The molecule has 1 fully saturated rings. The molecule has 0 atom stereocenters. The number of ether oxygens (including phenoxy) is 2. The summed E-state index contributed by atoms with van der Waals surface area (Å²) >= 11 is 6.37. The number of methoxy groups -OCH3 is 1. The molecule has 0 bridgehead atoms. The molecule has 1 aliphatic rings. The van der Waals surface area contributed by atoms with Gasteiger partial charge in [0.1, 0.15) is 18.3 Å². The minimum atomic E-state index is -0.455. The van der Waals surface area contributed by atoms with Crippen LogP contribution in [0.2, 0.25) is 5.02 Å². The number of carbonyl (C=O) groups excluding carboxylic acids is 1. The van der Waals surface area contributed by atoms with Crippen molar-refractivity contribution in [1.82, 2.24) is 10.3 Å². The number of aromatic nitrogens is 1. The van der Waals surface area contributed by atoms with Gasteiger partial charge in [0.25, 0.3) is 5.91 Å². The van der Waals surface area contributed by atoms with Crippen LogP contribution in [0.25, 0.3) is 0 Å². The van der Waals surface area contributed by atoms with Crippen LogP contribution in [0.3, 0.4) is 0 Å². The lowest BCUT2D eigenvalue weighted by atomic mass is 10.1. The summed E-state index contributed by atoms with van der Waals surface area (Å²) in [6.45, 7) is 2.63. The molecule has 1 aromatic heterocycles. The van der Waals surface area contributed by atoms with Crippen LogP contribution < -0.4 is 25.6 Å². The molecule has 9 nitrogen and oxygen atoms in total. The number of carbonyl (C=O) groups is 1. The fourth-order valence-electron chi connectivity index (χ4n) is 3.64. The molecule has 0 saturated carbocycles. The average Bonchev–Trinajstić information content (AvgIpc) is 2.87. The predicted octanol–water partition coefficient (Wildman–Crippen LogP) is 3.75. The van der Waals surface area contributed by atoms with Crippen molar-refractivity contribution >= 4 is 46.1 Å². The van der Waals surface area contributed by atoms with E-state index < -0.39 is 12.6 Å². The standard InChI is InChI=1S/C24H26ClN5O4/c1-33-22-12-16(30-8-10-34-11-9-30)6-7-20(22)29-23-13-21(18(25)14-26-23)28-19-5-3-2-4-17(19)24(32)27-15-31/h2-7,12-14,31H,8-11,15H2,1H3,(H,27,32)(H2,26,28,29). The molecule has 2 aromatic carbocycles. The number of rotatable bonds is 8. The maximum absolute atomic E-state index is 12.3. The zero-order valence-corrected chi connectivity index (χ0v) is 19.4. The van der Waals surface area contributed by atoms with Crippen molar-refractivity contribution < 1.29 is 19.4 Å². The van der Waals surface area contributed by atoms with E-state index in [-0.39, 0.29) is 0 Å². The zero-order chi connectivity index (χ0) is 23.9. The number of halogens is 1. The highest BCUT2D eigenvalue weighted by Crippen LogP contribution is 2.34. The van der Waals surface area contributed by atoms with Crippen LogP contribution in [0.1, 0.15) is 10.4 Å². The minimum Gasteiger partial charge on any atom is -0.494 e. The Bertz CT molecular complexity index is 1150. The first-order valence-corrected chi connectivity index (χ1v) is 11.1. The van der Waals surface area contributed by atoms with E-state index in [0.717, 1.165) is 24.5 Å². The third-order valence-electron chi connectivity index (χ3n) is 5.36. The lowest BCUT2D eigenvalue weighted by Crippen LogP contribution is -2.36. The van der Waals surface area contributed by atoms with E-state index in [2.05, 4.69) is 25.8 Å². The number of hydrogen-bond donors (Lipinski definition) is 4. The number of nitrogens with one attached hydrogen (secondary N) is 3. The van der Waals surface area contributed by atoms with Crippen LogP contribution >= 0.6 is 11.6 Å². The molecular weight excluding hydrogens is 458 g/mol. The number of amides is 1. The first-order valence-electron chi connectivity index (χ1n) is 10.8. The van der Waals surface area contributed by atoms with Crippen LogP contribution in [0.4, 0.5) is 28.6 Å². The van der Waals surface area contributed by atoms with E-state index in [0.29, 0.717) is 46.7 Å². The second-order valence-corrected chi connectivity index (χ2v) is 7.90. The van der Waals surface area contributed by atoms with Crippen molar-refractivity contribution in [3.63, 3.8) is 0 Å². The van der Waals surface area contributed by atoms with Gasteiger partial charge in [-0.3, -0.25) is 4.79 Å². The Morgan fingerprint density at radius 2 is 1.91 bits per heavy atom. The highest BCUT2D eigenvalue weighted by Gasteiger charge is 2.15. The molecule has 3 aromatic rings. The van der Waals surface area contributed by atoms with E-state index in [1.165, 1.54) is 6.20 Å². The van der Waals surface area contributed by atoms with E-state index in [9.17, 15) is 4.79 Å². The fourth-order valence-corrected chi connectivity index (χ4v) is 3.80. The smallest absolute Gasteiger partial charge is 0.255 e. The number of pyridine rings is 1. The Balaban J connectivity index is 1.56. The molecule has 0 unspecified atom stereocenters. The number of aliphatic hydroxyl groups is 1. The summed E-state index contributed by atoms with van der Waals surface area (Å²) in [5.74, 6) is 0.821. The fraction of sp³-hybridized carbons (Fsp3) is 0.250. The average molecular weight is 484 g/mol. The first kappa shape index (κ1) is 23.6. The summed E-state index contributed by atoms with van der Waals surface area (Å²) in [7, 11) is 1.63. The van der Waals surface area contributed by atoms with Crippen LogP contribution in [0, 0.1) is 0 Å². The second-order valence-electron chi connectivity index (χ2n) is 7.49. The molecule has 0 radical (unpaired) electrons. The number of anilines is 5. The third kappa shape index (κ3) is 5.51. The number of benzene rings is 2. The number of para-hydroxylation sites is 1. The minimum absolute atomic E-state index is 0.374. The number of hydrogen-bond acceptors (Lipinski definition) is 8. The normalized spacial score (nSPS) is 13.3. The van der Waals surface area contributed by atoms with Crippen LogP contribution in [0.5, 0.6) is 5.75 Å². The van der Waals surface area contributed by atoms with Gasteiger partial charge >= 0.3 is 0 Å². The zero-order valence-electron chi connectivity index (χ0n) is 18.7. The summed E-state index contributed by atoms with van der Waals surface area (Å²) < 4.78 is 11.0. The lowest BCUT2D eigenvalue weighted by Gasteiger charge is -2.29. The second kappa shape index (κ2) is 11.1. The Kier molecular flexibility index (Phi) is 7.69. The molecule has 1 amide bonds. The van der Waals surface area contributed by atoms with Crippen LogP contribution in [-0.4, -0.2) is 56.1 Å². The SMILES string of the molecule is COc1cc(N2CCOCC2)ccc1Nc1cc(Nc2ccccc2C(=O)NCO)c(Cl)cn1. The van der Waals surface area contributed by atoms with Gasteiger partial charge < -0.3 is 35.4 Å². The first-order chi connectivity index (χ1) is 16.6. The highest BCUT2D eigenvalue weighted by atomic mass is 35.5. The van der Waals surface area contributed by atoms with Crippen molar-refractivity contribution in [2.45, 2.75) is 0 Å². The summed E-state index contributed by atoms with van der Waals surface area (Å²) in [5.41, 5.74) is 3.30. The van der Waals surface area contributed by atoms with Crippen LogP contribution in [-0.2, 0) is 4.74 Å². The Morgan fingerprint density at radius 3 is 2.68 bits per heavy atom. The summed E-state index contributed by atoms with van der Waals surface area (Å²) in [6, 6.07) is 14.7. The summed E-state index contributed by atoms with van der Waals surface area (Å²) in [5, 5.41) is 18.3. The van der Waals surface area contributed by atoms with Crippen molar-refractivity contribution in [1.29, 1.82) is 0 Å². The highest BCUT2D eigenvalue weighted by molar-refractivity contribution is 6.33. The molecule has 34 heavy (non-hydrogen) atoms. The van der Waals surface area contributed by atoms with Crippen molar-refractivity contribution in [2.75, 3.05) is 55.7 Å². The molecular formula is C24H26ClN5O4. The predicted molar refractivity (Wildman–Crippen MR) is 133 cm³/mol. The monoisotopic (exact) mass is 483 g/mol. The third-order valence-corrected chi connectivity index (χ3v) is 5.66. The van der Waals surface area contributed by atoms with Gasteiger partial charge in [0, 0.05) is 30.9 Å². The number of aliphatic hydroxyl groups excluding tert-OH is 1. The summed E-state index contributed by atoms with van der Waals surface area (Å²) in [6.07, 6.45) is 1.53. The molecule has 4 rings (SSSR count). The topological polar surface area (TPSA) is 108 Å². The number of morpholine rings is 1. The molecule has 0 aliphatic carbocycles. The molecule has 4 N–H and O–H groups in total. The van der Waals surface area contributed by atoms with Gasteiger partial charge in [-0.2, -0.15) is 0 Å². The van der Waals surface area contributed by atoms with E-state index in [4.69, 9.17) is 26.2 Å². The summed E-state index contributed by atoms with van der Waals surface area (Å²) in [4.78, 5) is 18.9. The molecule has 0 spiro atoms. The van der Waals surface area contributed by atoms with Gasteiger partial charge in [-0.25, -0.2) is 4.98 Å². The maximum atomic E-state index is 12.3. The maximum Gasteiger partial charge on any atom is 0.255 e. The van der Waals surface area contributed by atoms with Gasteiger partial charge in [-0.1, -0.05) is 23.7 Å². The molecule has 1 aliphatic heterocycles. The van der Waals surface area contributed by atoms with Gasteiger partial charge in [0.2, 0.25) is 0 Å². The molecule has 178 valence electrons. The quantitative estimate of drug-likeness (QED) is 0.359. The Morgan fingerprint density at radius 1 is 1.12 bits per heavy atom. The Labute approximate surface area is 202 Å². The molecule has 10 heteroatoms. The van der Waals surface area contributed by atoms with E-state index in [1.54, 1.807) is 37.4 Å². The molecule has 2 heterocycles. The molecule has 1 saturated heterocycles. The van der Waals surface area contributed by atoms with Gasteiger partial charge in [0.15, 0.2) is 0 Å².